The number of carbonyl (C=O) groups excluding carboxylic acids is 1. The van der Waals surface area contributed by atoms with Crippen molar-refractivity contribution in [2.45, 2.75) is 38.7 Å². The summed E-state index contributed by atoms with van der Waals surface area (Å²) in [4.78, 5) is 16.0. The van der Waals surface area contributed by atoms with E-state index in [-0.39, 0.29) is 12.1 Å². The molecule has 1 heterocycles. The van der Waals surface area contributed by atoms with E-state index in [0.29, 0.717) is 11.6 Å². The van der Waals surface area contributed by atoms with Crippen molar-refractivity contribution >= 4 is 17.3 Å². The van der Waals surface area contributed by atoms with Crippen LogP contribution in [0.25, 0.3) is 0 Å². The number of carbonyl (C=O) groups is 1. The first-order valence-corrected chi connectivity index (χ1v) is 6.73. The van der Waals surface area contributed by atoms with E-state index in [2.05, 4.69) is 4.98 Å². The number of ether oxygens (including phenoxy) is 1. The van der Waals surface area contributed by atoms with E-state index < -0.39 is 0 Å². The molecule has 0 aliphatic heterocycles. The number of aryl methyl sites for hydroxylation is 1. The number of thiazole rings is 1. The van der Waals surface area contributed by atoms with Gasteiger partial charge < -0.3 is 4.74 Å². The lowest BCUT2D eigenvalue weighted by atomic mass is 9.98. The molecule has 0 spiro atoms. The molecule has 0 saturated heterocycles. The maximum atomic E-state index is 11.8. The Labute approximate surface area is 98.8 Å². The fourth-order valence-corrected chi connectivity index (χ4v) is 3.57. The van der Waals surface area contributed by atoms with Gasteiger partial charge in [0.25, 0.3) is 0 Å². The van der Waals surface area contributed by atoms with Gasteiger partial charge in [-0.2, -0.15) is 0 Å². The standard InChI is InChI=1S/C12H15NO2S/c1-7-13-10(6-16-7)12(14)15-11-5-8-2-3-9(11)4-8/h6,8-9,11H,2-5H2,1H3/t8-,9-,11-/m0/s1. The van der Waals surface area contributed by atoms with E-state index in [9.17, 15) is 4.79 Å². The highest BCUT2D eigenvalue weighted by Crippen LogP contribution is 2.46. The third kappa shape index (κ3) is 1.75. The van der Waals surface area contributed by atoms with Gasteiger partial charge in [0, 0.05) is 5.38 Å². The van der Waals surface area contributed by atoms with Crippen molar-refractivity contribution in [1.82, 2.24) is 4.98 Å². The van der Waals surface area contributed by atoms with Crippen LogP contribution >= 0.6 is 11.3 Å². The Morgan fingerprint density at radius 2 is 2.38 bits per heavy atom. The number of hydrogen-bond donors (Lipinski definition) is 0. The minimum absolute atomic E-state index is 0.160. The minimum Gasteiger partial charge on any atom is -0.457 e. The summed E-state index contributed by atoms with van der Waals surface area (Å²) in [6, 6.07) is 0. The molecule has 0 unspecified atom stereocenters. The fraction of sp³-hybridized carbons (Fsp3) is 0.667. The lowest BCUT2D eigenvalue weighted by molar-refractivity contribution is 0.0153. The highest BCUT2D eigenvalue weighted by atomic mass is 32.1. The van der Waals surface area contributed by atoms with Gasteiger partial charge in [-0.3, -0.25) is 0 Å². The van der Waals surface area contributed by atoms with Crippen LogP contribution in [0.4, 0.5) is 0 Å². The first kappa shape index (κ1) is 10.3. The average Bonchev–Trinajstić information content (AvgIpc) is 2.92. The van der Waals surface area contributed by atoms with Crippen LogP contribution < -0.4 is 0 Å². The molecule has 86 valence electrons. The molecule has 0 N–H and O–H groups in total. The summed E-state index contributed by atoms with van der Waals surface area (Å²) in [5.41, 5.74) is 0.477. The van der Waals surface area contributed by atoms with Crippen LogP contribution in [-0.4, -0.2) is 17.1 Å². The maximum absolute atomic E-state index is 11.8. The van der Waals surface area contributed by atoms with Crippen molar-refractivity contribution in [1.29, 1.82) is 0 Å². The van der Waals surface area contributed by atoms with Crippen LogP contribution in [-0.2, 0) is 4.74 Å². The van der Waals surface area contributed by atoms with E-state index in [1.807, 2.05) is 6.92 Å². The van der Waals surface area contributed by atoms with E-state index >= 15 is 0 Å². The van der Waals surface area contributed by atoms with Gasteiger partial charge in [-0.1, -0.05) is 0 Å². The number of rotatable bonds is 2. The average molecular weight is 237 g/mol. The minimum atomic E-state index is -0.234. The van der Waals surface area contributed by atoms with Crippen molar-refractivity contribution in [2.24, 2.45) is 11.8 Å². The zero-order chi connectivity index (χ0) is 11.1. The second-order valence-corrected chi connectivity index (χ2v) is 5.93. The monoisotopic (exact) mass is 237 g/mol. The lowest BCUT2D eigenvalue weighted by Gasteiger charge is -2.21. The van der Waals surface area contributed by atoms with Crippen LogP contribution in [0.3, 0.4) is 0 Å². The Hall–Kier alpha value is -0.900. The van der Waals surface area contributed by atoms with E-state index in [0.717, 1.165) is 17.3 Å². The van der Waals surface area contributed by atoms with Crippen molar-refractivity contribution < 1.29 is 9.53 Å². The summed E-state index contributed by atoms with van der Waals surface area (Å²) in [7, 11) is 0. The van der Waals surface area contributed by atoms with Gasteiger partial charge in [0.2, 0.25) is 0 Å². The van der Waals surface area contributed by atoms with Crippen LogP contribution in [0.1, 0.15) is 41.2 Å². The molecular weight excluding hydrogens is 222 g/mol. The van der Waals surface area contributed by atoms with Gasteiger partial charge in [-0.15, -0.1) is 11.3 Å². The second-order valence-electron chi connectivity index (χ2n) is 4.87. The number of nitrogens with zero attached hydrogens (tertiary/aromatic N) is 1. The number of fused-ring (bicyclic) bond motifs is 2. The van der Waals surface area contributed by atoms with Gasteiger partial charge in [0.05, 0.1) is 5.01 Å². The molecule has 2 fully saturated rings. The van der Waals surface area contributed by atoms with Crippen molar-refractivity contribution in [3.63, 3.8) is 0 Å². The lowest BCUT2D eigenvalue weighted by Crippen LogP contribution is -2.24. The third-order valence-electron chi connectivity index (χ3n) is 3.76. The smallest absolute Gasteiger partial charge is 0.358 e. The molecule has 2 bridgehead atoms. The Kier molecular flexibility index (Phi) is 2.46. The van der Waals surface area contributed by atoms with E-state index in [1.165, 1.54) is 30.6 Å². The molecule has 1 aromatic rings. The topological polar surface area (TPSA) is 39.2 Å². The Bertz CT molecular complexity index is 415. The molecule has 3 atom stereocenters. The van der Waals surface area contributed by atoms with Crippen molar-refractivity contribution in [3.05, 3.63) is 16.1 Å². The molecular formula is C12H15NO2S. The van der Waals surface area contributed by atoms with Gasteiger partial charge in [-0.05, 0) is 44.4 Å². The summed E-state index contributed by atoms with van der Waals surface area (Å²) in [6.07, 6.45) is 5.05. The maximum Gasteiger partial charge on any atom is 0.358 e. The highest BCUT2D eigenvalue weighted by molar-refractivity contribution is 7.09. The summed E-state index contributed by atoms with van der Waals surface area (Å²) in [6.45, 7) is 1.90. The Balaban J connectivity index is 1.65. The highest BCUT2D eigenvalue weighted by Gasteiger charge is 2.41. The van der Waals surface area contributed by atoms with Crippen molar-refractivity contribution in [3.8, 4) is 0 Å². The number of hydrogen-bond acceptors (Lipinski definition) is 4. The molecule has 0 amide bonds. The van der Waals surface area contributed by atoms with Gasteiger partial charge in [-0.25, -0.2) is 9.78 Å². The molecule has 3 rings (SSSR count). The summed E-state index contributed by atoms with van der Waals surface area (Å²) >= 11 is 1.49. The summed E-state index contributed by atoms with van der Waals surface area (Å²) in [5.74, 6) is 1.19. The predicted molar refractivity (Wildman–Crippen MR) is 61.5 cm³/mol. The molecule has 1 aromatic heterocycles. The molecule has 3 nitrogen and oxygen atoms in total. The fourth-order valence-electron chi connectivity index (χ4n) is 2.99. The predicted octanol–water partition coefficient (Wildman–Crippen LogP) is 2.80. The molecule has 0 aromatic carbocycles. The van der Waals surface area contributed by atoms with E-state index in [4.69, 9.17) is 4.74 Å². The van der Waals surface area contributed by atoms with Gasteiger partial charge in [0.1, 0.15) is 6.10 Å². The molecule has 16 heavy (non-hydrogen) atoms. The zero-order valence-corrected chi connectivity index (χ0v) is 10.1. The van der Waals surface area contributed by atoms with Crippen molar-refractivity contribution in [2.75, 3.05) is 0 Å². The Morgan fingerprint density at radius 1 is 1.50 bits per heavy atom. The molecule has 2 saturated carbocycles. The summed E-state index contributed by atoms with van der Waals surface area (Å²) < 4.78 is 5.55. The first-order chi connectivity index (χ1) is 7.72. The summed E-state index contributed by atoms with van der Waals surface area (Å²) in [5, 5.41) is 2.70. The molecule has 0 radical (unpaired) electrons. The SMILES string of the molecule is Cc1nc(C(=O)O[C@H]2C[C@H]3CC[C@H]2C3)cs1. The second kappa shape index (κ2) is 3.84. The van der Waals surface area contributed by atoms with Crippen LogP contribution in [0.2, 0.25) is 0 Å². The molecule has 2 aliphatic rings. The van der Waals surface area contributed by atoms with Gasteiger partial charge >= 0.3 is 5.97 Å². The molecule has 2 aliphatic carbocycles. The number of esters is 1. The third-order valence-corrected chi connectivity index (χ3v) is 4.53. The largest absolute Gasteiger partial charge is 0.457 e. The van der Waals surface area contributed by atoms with E-state index in [1.54, 1.807) is 5.38 Å². The van der Waals surface area contributed by atoms with Crippen LogP contribution in [0.5, 0.6) is 0 Å². The zero-order valence-electron chi connectivity index (χ0n) is 9.31. The van der Waals surface area contributed by atoms with Crippen LogP contribution in [0.15, 0.2) is 5.38 Å². The normalized spacial score (nSPS) is 31.9. The molecule has 4 heteroatoms. The Morgan fingerprint density at radius 3 is 2.94 bits per heavy atom. The first-order valence-electron chi connectivity index (χ1n) is 5.85. The van der Waals surface area contributed by atoms with Crippen LogP contribution in [0, 0.1) is 18.8 Å². The quantitative estimate of drug-likeness (QED) is 0.742. The number of aromatic nitrogens is 1. The van der Waals surface area contributed by atoms with Gasteiger partial charge in [0.15, 0.2) is 5.69 Å².